The number of fused-ring (bicyclic) bond motifs is 1. The van der Waals surface area contributed by atoms with Crippen molar-refractivity contribution in [3.8, 4) is 0 Å². The van der Waals surface area contributed by atoms with E-state index in [0.29, 0.717) is 22.7 Å². The smallest absolute Gasteiger partial charge is 0.233 e. The van der Waals surface area contributed by atoms with Crippen LogP contribution in [0.2, 0.25) is 0 Å². The maximum atomic E-state index is 12.0. The molecular weight excluding hydrogens is 258 g/mol. The first kappa shape index (κ1) is 12.7. The van der Waals surface area contributed by atoms with Gasteiger partial charge in [0.25, 0.3) is 0 Å². The van der Waals surface area contributed by atoms with Crippen LogP contribution in [-0.2, 0) is 16.1 Å². The van der Waals surface area contributed by atoms with Crippen LogP contribution in [0.15, 0.2) is 22.6 Å². The number of hydrogen-bond donors (Lipinski definition) is 1. The Morgan fingerprint density at radius 1 is 1.25 bits per heavy atom. The van der Waals surface area contributed by atoms with Crippen LogP contribution in [0.25, 0.3) is 11.1 Å². The highest BCUT2D eigenvalue weighted by Gasteiger charge is 2.42. The van der Waals surface area contributed by atoms with E-state index < -0.39 is 0 Å². The maximum absolute atomic E-state index is 12.0. The molecule has 1 aliphatic heterocycles. The third kappa shape index (κ3) is 1.84. The molecule has 6 nitrogen and oxygen atoms in total. The molecule has 2 aromatic rings. The fourth-order valence-electron chi connectivity index (χ4n) is 2.38. The lowest BCUT2D eigenvalue weighted by molar-refractivity contribution is -0.140. The predicted molar refractivity (Wildman–Crippen MR) is 72.3 cm³/mol. The number of likely N-dealkylation sites (tertiary alicyclic amines) is 1. The summed E-state index contributed by atoms with van der Waals surface area (Å²) >= 11 is 0. The van der Waals surface area contributed by atoms with E-state index in [9.17, 15) is 9.59 Å². The molecule has 1 aromatic carbocycles. The van der Waals surface area contributed by atoms with Gasteiger partial charge in [-0.3, -0.25) is 14.5 Å². The molecule has 104 valence electrons. The van der Waals surface area contributed by atoms with Gasteiger partial charge in [0.05, 0.1) is 0 Å². The van der Waals surface area contributed by atoms with Gasteiger partial charge in [0.15, 0.2) is 5.58 Å². The molecule has 1 aromatic heterocycles. The van der Waals surface area contributed by atoms with Crippen molar-refractivity contribution in [1.29, 1.82) is 0 Å². The molecule has 0 bridgehead atoms. The fourth-order valence-corrected chi connectivity index (χ4v) is 2.38. The number of carbonyl (C=O) groups excluding carboxylic acids is 2. The maximum Gasteiger partial charge on any atom is 0.233 e. The van der Waals surface area contributed by atoms with Gasteiger partial charge in [-0.1, -0.05) is 13.8 Å². The van der Waals surface area contributed by atoms with Crippen LogP contribution >= 0.6 is 0 Å². The minimum Gasteiger partial charge on any atom is -0.439 e. The molecule has 2 heterocycles. The lowest BCUT2D eigenvalue weighted by Crippen LogP contribution is -2.30. The van der Waals surface area contributed by atoms with Gasteiger partial charge >= 0.3 is 0 Å². The molecule has 2 unspecified atom stereocenters. The van der Waals surface area contributed by atoms with E-state index in [0.717, 1.165) is 0 Å². The molecule has 1 aliphatic rings. The minimum atomic E-state index is -0.289. The van der Waals surface area contributed by atoms with E-state index in [1.54, 1.807) is 32.0 Å². The van der Waals surface area contributed by atoms with Gasteiger partial charge in [0.1, 0.15) is 12.1 Å². The number of amides is 2. The molecule has 20 heavy (non-hydrogen) atoms. The summed E-state index contributed by atoms with van der Waals surface area (Å²) in [4.78, 5) is 29.5. The quantitative estimate of drug-likeness (QED) is 0.662. The highest BCUT2D eigenvalue weighted by molar-refractivity contribution is 6.04. The Labute approximate surface area is 115 Å². The van der Waals surface area contributed by atoms with Crippen LogP contribution in [0.1, 0.15) is 19.7 Å². The standard InChI is InChI=1S/C14H15N3O3/c1-7-8(2)14(19)17(13(7)18)6-12-16-10-4-3-9(15)5-11(10)20-12/h3-5,7-8H,6,15H2,1-2H3. The second-order valence-corrected chi connectivity index (χ2v) is 5.17. The second-order valence-electron chi connectivity index (χ2n) is 5.17. The lowest BCUT2D eigenvalue weighted by Gasteiger charge is -2.11. The summed E-state index contributed by atoms with van der Waals surface area (Å²) in [6.07, 6.45) is 0. The SMILES string of the molecule is CC1C(=O)N(Cc2nc3ccc(N)cc3o2)C(=O)C1C. The fraction of sp³-hybridized carbons (Fsp3) is 0.357. The number of nitrogens with zero attached hydrogens (tertiary/aromatic N) is 2. The lowest BCUT2D eigenvalue weighted by atomic mass is 10.00. The summed E-state index contributed by atoms with van der Waals surface area (Å²) in [7, 11) is 0. The zero-order valence-corrected chi connectivity index (χ0v) is 11.3. The number of rotatable bonds is 2. The van der Waals surface area contributed by atoms with Gasteiger partial charge in [-0.15, -0.1) is 0 Å². The first-order valence-corrected chi connectivity index (χ1v) is 6.47. The molecule has 1 fully saturated rings. The molecule has 2 amide bonds. The summed E-state index contributed by atoms with van der Waals surface area (Å²) in [5, 5.41) is 0. The zero-order chi connectivity index (χ0) is 14.4. The van der Waals surface area contributed by atoms with E-state index in [4.69, 9.17) is 10.2 Å². The number of oxazole rings is 1. The van der Waals surface area contributed by atoms with Gasteiger partial charge in [0.2, 0.25) is 17.7 Å². The van der Waals surface area contributed by atoms with E-state index >= 15 is 0 Å². The number of aromatic nitrogens is 1. The topological polar surface area (TPSA) is 89.4 Å². The molecule has 0 saturated carbocycles. The van der Waals surface area contributed by atoms with Gasteiger partial charge < -0.3 is 10.2 Å². The van der Waals surface area contributed by atoms with Crippen molar-refractivity contribution in [1.82, 2.24) is 9.88 Å². The number of nitrogen functional groups attached to an aromatic ring is 1. The number of carbonyl (C=O) groups is 2. The molecular formula is C14H15N3O3. The van der Waals surface area contributed by atoms with E-state index in [1.807, 2.05) is 0 Å². The van der Waals surface area contributed by atoms with Gasteiger partial charge in [-0.05, 0) is 12.1 Å². The Balaban J connectivity index is 1.90. The first-order chi connectivity index (χ1) is 9.47. The number of anilines is 1. The van der Waals surface area contributed by atoms with Crippen LogP contribution < -0.4 is 5.73 Å². The molecule has 3 rings (SSSR count). The molecule has 2 atom stereocenters. The predicted octanol–water partition coefficient (Wildman–Crippen LogP) is 1.55. The highest BCUT2D eigenvalue weighted by atomic mass is 16.3. The number of benzene rings is 1. The Hall–Kier alpha value is -2.37. The van der Waals surface area contributed by atoms with Gasteiger partial charge in [0, 0.05) is 23.6 Å². The van der Waals surface area contributed by atoms with Crippen molar-refractivity contribution in [2.45, 2.75) is 20.4 Å². The van der Waals surface area contributed by atoms with E-state index in [2.05, 4.69) is 4.98 Å². The summed E-state index contributed by atoms with van der Waals surface area (Å²) in [6.45, 7) is 3.59. The van der Waals surface area contributed by atoms with Crippen molar-refractivity contribution in [3.63, 3.8) is 0 Å². The van der Waals surface area contributed by atoms with Crippen LogP contribution in [0, 0.1) is 11.8 Å². The normalized spacial score (nSPS) is 23.0. The van der Waals surface area contributed by atoms with Gasteiger partial charge in [-0.25, -0.2) is 4.98 Å². The minimum absolute atomic E-state index is 0.0704. The summed E-state index contributed by atoms with van der Waals surface area (Å²) < 4.78 is 5.54. The Morgan fingerprint density at radius 2 is 1.90 bits per heavy atom. The van der Waals surface area contributed by atoms with E-state index in [1.165, 1.54) is 4.90 Å². The van der Waals surface area contributed by atoms with Crippen LogP contribution in [0.5, 0.6) is 0 Å². The summed E-state index contributed by atoms with van der Waals surface area (Å²) in [5.74, 6) is -0.591. The Bertz CT molecular complexity index is 687. The Morgan fingerprint density at radius 3 is 2.55 bits per heavy atom. The molecule has 2 N–H and O–H groups in total. The number of hydrogen-bond acceptors (Lipinski definition) is 5. The van der Waals surface area contributed by atoms with Gasteiger partial charge in [-0.2, -0.15) is 0 Å². The first-order valence-electron chi connectivity index (χ1n) is 6.47. The zero-order valence-electron chi connectivity index (χ0n) is 11.3. The van der Waals surface area contributed by atoms with Crippen molar-refractivity contribution in [3.05, 3.63) is 24.1 Å². The largest absolute Gasteiger partial charge is 0.439 e. The highest BCUT2D eigenvalue weighted by Crippen LogP contribution is 2.27. The molecule has 1 saturated heterocycles. The monoisotopic (exact) mass is 273 g/mol. The van der Waals surface area contributed by atoms with Crippen molar-refractivity contribution in [2.24, 2.45) is 11.8 Å². The number of imide groups is 1. The second kappa shape index (κ2) is 4.33. The third-order valence-electron chi connectivity index (χ3n) is 3.81. The Kier molecular flexibility index (Phi) is 2.74. The van der Waals surface area contributed by atoms with Crippen molar-refractivity contribution in [2.75, 3.05) is 5.73 Å². The van der Waals surface area contributed by atoms with Crippen LogP contribution in [-0.4, -0.2) is 21.7 Å². The summed E-state index contributed by atoms with van der Waals surface area (Å²) in [5.41, 5.74) is 7.47. The molecule has 0 aliphatic carbocycles. The van der Waals surface area contributed by atoms with E-state index in [-0.39, 0.29) is 30.2 Å². The van der Waals surface area contributed by atoms with Crippen molar-refractivity contribution >= 4 is 28.6 Å². The van der Waals surface area contributed by atoms with Crippen LogP contribution in [0.3, 0.4) is 0 Å². The average Bonchev–Trinajstić information content (AvgIpc) is 2.89. The third-order valence-corrected chi connectivity index (χ3v) is 3.81. The average molecular weight is 273 g/mol. The summed E-state index contributed by atoms with van der Waals surface area (Å²) in [6, 6.07) is 5.15. The van der Waals surface area contributed by atoms with Crippen molar-refractivity contribution < 1.29 is 14.0 Å². The number of nitrogens with two attached hydrogens (primary N) is 1. The molecule has 0 spiro atoms. The van der Waals surface area contributed by atoms with Crippen LogP contribution in [0.4, 0.5) is 5.69 Å². The molecule has 6 heteroatoms. The molecule has 0 radical (unpaired) electrons.